The van der Waals surface area contributed by atoms with E-state index in [1.165, 1.54) is 19.2 Å². The third-order valence-corrected chi connectivity index (χ3v) is 4.74. The number of benzene rings is 2. The molecule has 4 aromatic rings. The molecule has 2 aromatic heterocycles. The van der Waals surface area contributed by atoms with E-state index in [-0.39, 0.29) is 11.7 Å². The summed E-state index contributed by atoms with van der Waals surface area (Å²) >= 11 is 0. The van der Waals surface area contributed by atoms with Crippen LogP contribution in [0.2, 0.25) is 0 Å². The lowest BCUT2D eigenvalue weighted by Crippen LogP contribution is -2.12. The summed E-state index contributed by atoms with van der Waals surface area (Å²) < 4.78 is 20.9. The van der Waals surface area contributed by atoms with Crippen molar-refractivity contribution in [3.63, 3.8) is 0 Å². The van der Waals surface area contributed by atoms with Crippen molar-refractivity contribution in [2.24, 2.45) is 0 Å². The van der Waals surface area contributed by atoms with Gasteiger partial charge >= 0.3 is 0 Å². The van der Waals surface area contributed by atoms with Crippen LogP contribution in [0.3, 0.4) is 0 Å². The number of methoxy groups -OCH3 is 1. The highest BCUT2D eigenvalue weighted by Gasteiger charge is 2.15. The van der Waals surface area contributed by atoms with Gasteiger partial charge in [-0.15, -0.1) is 0 Å². The van der Waals surface area contributed by atoms with Crippen LogP contribution in [-0.2, 0) is 6.54 Å². The molecule has 0 atom stereocenters. The molecule has 0 saturated heterocycles. The fourth-order valence-corrected chi connectivity index (χ4v) is 3.36. The van der Waals surface area contributed by atoms with Crippen LogP contribution in [0.4, 0.5) is 10.1 Å². The van der Waals surface area contributed by atoms with Gasteiger partial charge in [0.05, 0.1) is 7.11 Å². The Morgan fingerprint density at radius 1 is 1.17 bits per heavy atom. The van der Waals surface area contributed by atoms with Crippen LogP contribution in [0.15, 0.2) is 60.8 Å². The minimum absolute atomic E-state index is 0.124. The van der Waals surface area contributed by atoms with E-state index in [2.05, 4.69) is 21.8 Å². The summed E-state index contributed by atoms with van der Waals surface area (Å²) in [6.45, 7) is 2.86. The van der Waals surface area contributed by atoms with E-state index in [0.717, 1.165) is 35.5 Å². The van der Waals surface area contributed by atoms with Crippen LogP contribution >= 0.6 is 0 Å². The summed E-state index contributed by atoms with van der Waals surface area (Å²) in [6.07, 6.45) is 2.68. The molecule has 7 heteroatoms. The molecular weight excluding hydrogens is 383 g/mol. The maximum atomic E-state index is 13.9. The van der Waals surface area contributed by atoms with Gasteiger partial charge in [0.25, 0.3) is 5.91 Å². The highest BCUT2D eigenvalue weighted by atomic mass is 19.1. The van der Waals surface area contributed by atoms with Crippen molar-refractivity contribution in [1.29, 1.82) is 0 Å². The summed E-state index contributed by atoms with van der Waals surface area (Å²) in [7, 11) is 1.39. The van der Waals surface area contributed by atoms with Crippen LogP contribution in [0.1, 0.15) is 23.7 Å². The lowest BCUT2D eigenvalue weighted by molar-refractivity contribution is 0.102. The van der Waals surface area contributed by atoms with E-state index < -0.39 is 5.82 Å². The average Bonchev–Trinajstić information content (AvgIpc) is 3.13. The second kappa shape index (κ2) is 8.32. The Balaban J connectivity index is 1.66. The Kier molecular flexibility index (Phi) is 5.43. The lowest BCUT2D eigenvalue weighted by atomic mass is 10.1. The third-order valence-electron chi connectivity index (χ3n) is 4.74. The largest absolute Gasteiger partial charge is 0.494 e. The Hall–Kier alpha value is -3.74. The molecule has 1 amide bonds. The number of fused-ring (bicyclic) bond motifs is 1. The average molecular weight is 404 g/mol. The molecule has 0 aliphatic heterocycles. The van der Waals surface area contributed by atoms with Gasteiger partial charge in [-0.25, -0.2) is 14.4 Å². The molecular formula is C23H21FN4O2. The summed E-state index contributed by atoms with van der Waals surface area (Å²) in [4.78, 5) is 21.9. The minimum Gasteiger partial charge on any atom is -0.494 e. The maximum Gasteiger partial charge on any atom is 0.255 e. The number of aryl methyl sites for hydroxylation is 1. The summed E-state index contributed by atoms with van der Waals surface area (Å²) in [6, 6.07) is 15.3. The number of amides is 1. The van der Waals surface area contributed by atoms with Gasteiger partial charge in [0.2, 0.25) is 0 Å². The molecule has 0 radical (unpaired) electrons. The van der Waals surface area contributed by atoms with Crippen LogP contribution in [0, 0.1) is 5.82 Å². The molecule has 0 unspecified atom stereocenters. The second-order valence-electron chi connectivity index (χ2n) is 6.82. The number of anilines is 1. The quantitative estimate of drug-likeness (QED) is 0.496. The molecule has 0 aliphatic rings. The zero-order valence-electron chi connectivity index (χ0n) is 16.7. The number of nitrogens with zero attached hydrogens (tertiary/aromatic N) is 3. The molecule has 0 fully saturated rings. The Labute approximate surface area is 173 Å². The molecule has 30 heavy (non-hydrogen) atoms. The first-order valence-electron chi connectivity index (χ1n) is 9.67. The van der Waals surface area contributed by atoms with Crippen molar-refractivity contribution in [2.75, 3.05) is 12.4 Å². The fourth-order valence-electron chi connectivity index (χ4n) is 3.36. The number of carbonyl (C=O) groups excluding carboxylic acids is 1. The van der Waals surface area contributed by atoms with Gasteiger partial charge < -0.3 is 14.6 Å². The van der Waals surface area contributed by atoms with E-state index >= 15 is 0 Å². The monoisotopic (exact) mass is 404 g/mol. The molecule has 0 spiro atoms. The first kappa shape index (κ1) is 19.6. The van der Waals surface area contributed by atoms with Gasteiger partial charge in [-0.05, 0) is 42.8 Å². The second-order valence-corrected chi connectivity index (χ2v) is 6.82. The van der Waals surface area contributed by atoms with Crippen LogP contribution in [0.25, 0.3) is 22.6 Å². The van der Waals surface area contributed by atoms with Crippen molar-refractivity contribution in [3.8, 4) is 17.1 Å². The Morgan fingerprint density at radius 2 is 2.03 bits per heavy atom. The van der Waals surface area contributed by atoms with Crippen molar-refractivity contribution in [1.82, 2.24) is 14.5 Å². The number of rotatable bonds is 6. The number of carbonyl (C=O) groups is 1. The summed E-state index contributed by atoms with van der Waals surface area (Å²) in [5.74, 6) is 0.0108. The van der Waals surface area contributed by atoms with Gasteiger partial charge in [-0.3, -0.25) is 4.79 Å². The summed E-state index contributed by atoms with van der Waals surface area (Å²) in [5, 5.41) is 2.72. The van der Waals surface area contributed by atoms with Gasteiger partial charge in [-0.2, -0.15) is 0 Å². The standard InChI is InChI=1S/C23H21FN4O2/c1-3-12-28-21(27-19-8-5-11-25-22(19)28)15-6-4-7-16(13-15)23(29)26-17-9-10-20(30-2)18(24)14-17/h4-11,13-14H,3,12H2,1-2H3,(H,26,29). The van der Waals surface area contributed by atoms with Crippen molar-refractivity contribution in [3.05, 3.63) is 72.2 Å². The normalized spacial score (nSPS) is 10.9. The fraction of sp³-hybridized carbons (Fsp3) is 0.174. The molecule has 0 bridgehead atoms. The molecule has 152 valence electrons. The van der Waals surface area contributed by atoms with Crippen molar-refractivity contribution in [2.45, 2.75) is 19.9 Å². The minimum atomic E-state index is -0.537. The lowest BCUT2D eigenvalue weighted by Gasteiger charge is -2.10. The third kappa shape index (κ3) is 3.74. The van der Waals surface area contributed by atoms with E-state index in [1.54, 1.807) is 24.4 Å². The number of hydrogen-bond acceptors (Lipinski definition) is 4. The number of nitrogens with one attached hydrogen (secondary N) is 1. The van der Waals surface area contributed by atoms with Crippen LogP contribution < -0.4 is 10.1 Å². The number of hydrogen-bond donors (Lipinski definition) is 1. The number of ether oxygens (including phenoxy) is 1. The molecule has 4 rings (SSSR count). The highest BCUT2D eigenvalue weighted by molar-refractivity contribution is 6.05. The van der Waals surface area contributed by atoms with Crippen LogP contribution in [0.5, 0.6) is 5.75 Å². The SMILES string of the molecule is CCCn1c(-c2cccc(C(=O)Nc3ccc(OC)c(F)c3)c2)nc2cccnc21. The summed E-state index contributed by atoms with van der Waals surface area (Å²) in [5.41, 5.74) is 3.25. The number of aromatic nitrogens is 3. The predicted molar refractivity (Wildman–Crippen MR) is 114 cm³/mol. The molecule has 0 saturated carbocycles. The molecule has 2 aromatic carbocycles. The number of pyridine rings is 1. The van der Waals surface area contributed by atoms with Gasteiger partial charge in [0.15, 0.2) is 17.2 Å². The number of imidazole rings is 1. The number of halogens is 1. The molecule has 2 heterocycles. The molecule has 1 N–H and O–H groups in total. The van der Waals surface area contributed by atoms with Crippen molar-refractivity contribution < 1.29 is 13.9 Å². The van der Waals surface area contributed by atoms with Crippen LogP contribution in [-0.4, -0.2) is 27.6 Å². The van der Waals surface area contributed by atoms with Gasteiger partial charge in [-0.1, -0.05) is 19.1 Å². The predicted octanol–water partition coefficient (Wildman–Crippen LogP) is 4.91. The zero-order chi connectivity index (χ0) is 21.1. The Morgan fingerprint density at radius 3 is 2.80 bits per heavy atom. The first-order chi connectivity index (χ1) is 14.6. The maximum absolute atomic E-state index is 13.9. The van der Waals surface area contributed by atoms with E-state index in [1.807, 2.05) is 24.3 Å². The molecule has 6 nitrogen and oxygen atoms in total. The van der Waals surface area contributed by atoms with Gasteiger partial charge in [0, 0.05) is 35.6 Å². The highest BCUT2D eigenvalue weighted by Crippen LogP contribution is 2.26. The van der Waals surface area contributed by atoms with E-state index in [9.17, 15) is 9.18 Å². The van der Waals surface area contributed by atoms with E-state index in [0.29, 0.717) is 11.3 Å². The topological polar surface area (TPSA) is 69.0 Å². The smallest absolute Gasteiger partial charge is 0.255 e. The first-order valence-corrected chi connectivity index (χ1v) is 9.67. The van der Waals surface area contributed by atoms with Crippen molar-refractivity contribution >= 4 is 22.8 Å². The Bertz CT molecular complexity index is 1220. The molecule has 0 aliphatic carbocycles. The van der Waals surface area contributed by atoms with Gasteiger partial charge in [0.1, 0.15) is 11.3 Å². The van der Waals surface area contributed by atoms with E-state index in [4.69, 9.17) is 9.72 Å². The zero-order valence-corrected chi connectivity index (χ0v) is 16.7.